The van der Waals surface area contributed by atoms with E-state index >= 15 is 0 Å². The van der Waals surface area contributed by atoms with E-state index < -0.39 is 0 Å². The lowest BCUT2D eigenvalue weighted by molar-refractivity contribution is 0.0952. The maximum Gasteiger partial charge on any atom is 0.251 e. The Labute approximate surface area is 115 Å². The van der Waals surface area contributed by atoms with Crippen molar-refractivity contribution in [3.8, 4) is 0 Å². The highest BCUT2D eigenvalue weighted by molar-refractivity contribution is 5.96. The van der Waals surface area contributed by atoms with Crippen LogP contribution in [0, 0.1) is 12.8 Å². The molecule has 104 valence electrons. The van der Waals surface area contributed by atoms with Crippen molar-refractivity contribution in [2.24, 2.45) is 5.92 Å². The molecule has 0 aliphatic heterocycles. The summed E-state index contributed by atoms with van der Waals surface area (Å²) in [5, 5.41) is 3.00. The standard InChI is InChI=1S/C16H24N2O/c1-12-8-9-14(17)11-15(12)16(19)18-10-4-7-13-5-2-3-6-13/h8-9,11,13H,2-7,10,17H2,1H3,(H,18,19). The van der Waals surface area contributed by atoms with Gasteiger partial charge in [0.25, 0.3) is 5.91 Å². The van der Waals surface area contributed by atoms with E-state index in [0.29, 0.717) is 11.3 Å². The molecule has 1 saturated carbocycles. The molecule has 0 atom stereocenters. The fraction of sp³-hybridized carbons (Fsp3) is 0.562. The van der Waals surface area contributed by atoms with Crippen molar-refractivity contribution in [1.82, 2.24) is 5.32 Å². The molecule has 0 bridgehead atoms. The number of nitrogens with one attached hydrogen (secondary N) is 1. The minimum atomic E-state index is -0.00350. The minimum Gasteiger partial charge on any atom is -0.399 e. The van der Waals surface area contributed by atoms with Gasteiger partial charge in [0.15, 0.2) is 0 Å². The van der Waals surface area contributed by atoms with Crippen LogP contribution in [0.15, 0.2) is 18.2 Å². The van der Waals surface area contributed by atoms with Gasteiger partial charge in [0.05, 0.1) is 0 Å². The van der Waals surface area contributed by atoms with Gasteiger partial charge in [0, 0.05) is 17.8 Å². The van der Waals surface area contributed by atoms with Crippen LogP contribution in [-0.2, 0) is 0 Å². The van der Waals surface area contributed by atoms with Crippen LogP contribution in [0.25, 0.3) is 0 Å². The third kappa shape index (κ3) is 3.98. The number of nitrogens with two attached hydrogens (primary N) is 1. The molecule has 3 nitrogen and oxygen atoms in total. The average Bonchev–Trinajstić information content (AvgIpc) is 2.90. The Balaban J connectivity index is 1.75. The number of anilines is 1. The van der Waals surface area contributed by atoms with E-state index in [0.717, 1.165) is 24.4 Å². The number of amides is 1. The number of hydrogen-bond acceptors (Lipinski definition) is 2. The summed E-state index contributed by atoms with van der Waals surface area (Å²) in [6.45, 7) is 2.70. The fourth-order valence-corrected chi connectivity index (χ4v) is 2.87. The summed E-state index contributed by atoms with van der Waals surface area (Å²) in [5.74, 6) is 0.891. The Kier molecular flexibility index (Phi) is 4.83. The van der Waals surface area contributed by atoms with E-state index in [-0.39, 0.29) is 5.91 Å². The number of carbonyl (C=O) groups excluding carboxylic acids is 1. The van der Waals surface area contributed by atoms with Crippen molar-refractivity contribution in [2.75, 3.05) is 12.3 Å². The molecule has 0 saturated heterocycles. The lowest BCUT2D eigenvalue weighted by Gasteiger charge is -2.10. The van der Waals surface area contributed by atoms with Crippen molar-refractivity contribution in [3.63, 3.8) is 0 Å². The molecule has 0 spiro atoms. The second-order valence-corrected chi connectivity index (χ2v) is 5.62. The first-order chi connectivity index (χ1) is 9.16. The highest BCUT2D eigenvalue weighted by atomic mass is 16.1. The lowest BCUT2D eigenvalue weighted by atomic mass is 10.0. The van der Waals surface area contributed by atoms with Gasteiger partial charge in [-0.25, -0.2) is 0 Å². The summed E-state index contributed by atoms with van der Waals surface area (Å²) >= 11 is 0. The number of hydrogen-bond donors (Lipinski definition) is 2. The monoisotopic (exact) mass is 260 g/mol. The zero-order chi connectivity index (χ0) is 13.7. The Morgan fingerprint density at radius 3 is 2.84 bits per heavy atom. The van der Waals surface area contributed by atoms with Gasteiger partial charge in [-0.05, 0) is 43.4 Å². The molecule has 0 radical (unpaired) electrons. The largest absolute Gasteiger partial charge is 0.399 e. The van der Waals surface area contributed by atoms with Crippen molar-refractivity contribution < 1.29 is 4.79 Å². The topological polar surface area (TPSA) is 55.1 Å². The maximum absolute atomic E-state index is 12.0. The van der Waals surface area contributed by atoms with Crippen LogP contribution in [0.5, 0.6) is 0 Å². The van der Waals surface area contributed by atoms with Crippen LogP contribution in [0.2, 0.25) is 0 Å². The third-order valence-electron chi connectivity index (χ3n) is 4.06. The van der Waals surface area contributed by atoms with Crippen molar-refractivity contribution in [3.05, 3.63) is 29.3 Å². The SMILES string of the molecule is Cc1ccc(N)cc1C(=O)NCCCC1CCCC1. The summed E-state index contributed by atoms with van der Waals surface area (Å²) in [4.78, 5) is 12.0. The zero-order valence-electron chi connectivity index (χ0n) is 11.7. The lowest BCUT2D eigenvalue weighted by Crippen LogP contribution is -2.25. The van der Waals surface area contributed by atoms with E-state index in [1.54, 1.807) is 6.07 Å². The molecule has 1 fully saturated rings. The first-order valence-electron chi connectivity index (χ1n) is 7.31. The molecular formula is C16H24N2O. The summed E-state index contributed by atoms with van der Waals surface area (Å²) in [6, 6.07) is 5.47. The number of carbonyl (C=O) groups is 1. The molecule has 1 aliphatic rings. The summed E-state index contributed by atoms with van der Waals surface area (Å²) in [7, 11) is 0. The Bertz CT molecular complexity index is 436. The van der Waals surface area contributed by atoms with E-state index in [1.807, 2.05) is 19.1 Å². The Morgan fingerprint density at radius 1 is 1.37 bits per heavy atom. The maximum atomic E-state index is 12.0. The van der Waals surface area contributed by atoms with Crippen LogP contribution in [0.1, 0.15) is 54.4 Å². The average molecular weight is 260 g/mol. The van der Waals surface area contributed by atoms with Gasteiger partial charge in [0.2, 0.25) is 0 Å². The smallest absolute Gasteiger partial charge is 0.251 e. The molecule has 1 amide bonds. The molecule has 1 aromatic rings. The third-order valence-corrected chi connectivity index (χ3v) is 4.06. The van der Waals surface area contributed by atoms with Crippen LogP contribution in [-0.4, -0.2) is 12.5 Å². The molecular weight excluding hydrogens is 236 g/mol. The molecule has 0 unspecified atom stereocenters. The van der Waals surface area contributed by atoms with E-state index in [1.165, 1.54) is 32.1 Å². The van der Waals surface area contributed by atoms with E-state index in [2.05, 4.69) is 5.32 Å². The highest BCUT2D eigenvalue weighted by Gasteiger charge is 2.14. The molecule has 0 heterocycles. The molecule has 19 heavy (non-hydrogen) atoms. The molecule has 1 aromatic carbocycles. The van der Waals surface area contributed by atoms with E-state index in [4.69, 9.17) is 5.73 Å². The van der Waals surface area contributed by atoms with Crippen LogP contribution in [0.3, 0.4) is 0 Å². The Morgan fingerprint density at radius 2 is 2.11 bits per heavy atom. The van der Waals surface area contributed by atoms with Gasteiger partial charge in [-0.1, -0.05) is 31.7 Å². The highest BCUT2D eigenvalue weighted by Crippen LogP contribution is 2.28. The van der Waals surface area contributed by atoms with Crippen LogP contribution < -0.4 is 11.1 Å². The second-order valence-electron chi connectivity index (χ2n) is 5.62. The van der Waals surface area contributed by atoms with E-state index in [9.17, 15) is 4.79 Å². The van der Waals surface area contributed by atoms with Gasteiger partial charge in [-0.3, -0.25) is 4.79 Å². The molecule has 2 rings (SSSR count). The zero-order valence-corrected chi connectivity index (χ0v) is 11.7. The van der Waals surface area contributed by atoms with Crippen molar-refractivity contribution in [2.45, 2.75) is 45.4 Å². The van der Waals surface area contributed by atoms with Gasteiger partial charge in [-0.2, -0.15) is 0 Å². The van der Waals surface area contributed by atoms with Crippen molar-refractivity contribution in [1.29, 1.82) is 0 Å². The predicted octanol–water partition coefficient (Wildman–Crippen LogP) is 3.28. The fourth-order valence-electron chi connectivity index (χ4n) is 2.87. The van der Waals surface area contributed by atoms with Crippen molar-refractivity contribution >= 4 is 11.6 Å². The Hall–Kier alpha value is -1.51. The normalized spacial score (nSPS) is 15.6. The first-order valence-corrected chi connectivity index (χ1v) is 7.31. The van der Waals surface area contributed by atoms with Gasteiger partial charge in [0.1, 0.15) is 0 Å². The number of nitrogen functional groups attached to an aromatic ring is 1. The first kappa shape index (κ1) is 13.9. The summed E-state index contributed by atoms with van der Waals surface area (Å²) in [6.07, 6.45) is 7.86. The summed E-state index contributed by atoms with van der Waals surface area (Å²) < 4.78 is 0. The quantitative estimate of drug-likeness (QED) is 0.630. The van der Waals surface area contributed by atoms with Crippen LogP contribution >= 0.6 is 0 Å². The predicted molar refractivity (Wildman–Crippen MR) is 79.1 cm³/mol. The number of benzene rings is 1. The van der Waals surface area contributed by atoms with Crippen LogP contribution in [0.4, 0.5) is 5.69 Å². The van der Waals surface area contributed by atoms with Gasteiger partial charge >= 0.3 is 0 Å². The molecule has 0 aromatic heterocycles. The van der Waals surface area contributed by atoms with Gasteiger partial charge in [-0.15, -0.1) is 0 Å². The number of rotatable bonds is 5. The summed E-state index contributed by atoms with van der Waals surface area (Å²) in [5.41, 5.74) is 8.03. The molecule has 1 aliphatic carbocycles. The second kappa shape index (κ2) is 6.60. The van der Waals surface area contributed by atoms with Gasteiger partial charge < -0.3 is 11.1 Å². The molecule has 3 N–H and O–H groups in total. The number of aryl methyl sites for hydroxylation is 1. The molecule has 3 heteroatoms. The minimum absolute atomic E-state index is 0.00350.